The Hall–Kier alpha value is 0.948. The molecule has 0 amide bonds. The third kappa shape index (κ3) is 2.12. The molecule has 1 heterocycles. The average Bonchev–Trinajstić information content (AvgIpc) is 2.22. The van der Waals surface area contributed by atoms with Gasteiger partial charge < -0.3 is 12.6 Å². The molecule has 0 saturated carbocycles. The number of nitroso groups, excluding NO2 is 1. The minimum Gasteiger partial charge on any atom is -0.715 e. The fourth-order valence-electron chi connectivity index (χ4n) is 0.0661. The topological polar surface area (TPSA) is 42.0 Å². The van der Waals surface area contributed by atoms with Gasteiger partial charge >= 0.3 is 0 Å². The quantitative estimate of drug-likeness (QED) is 0.212. The molecular formula is CMoNO2S2-. The van der Waals surface area contributed by atoms with Gasteiger partial charge in [0.15, 0.2) is 4.39 Å². The summed E-state index contributed by atoms with van der Waals surface area (Å²) in [6, 6.07) is 0. The van der Waals surface area contributed by atoms with E-state index in [1.165, 1.54) is 0 Å². The Morgan fingerprint density at radius 2 is 2.29 bits per heavy atom. The van der Waals surface area contributed by atoms with E-state index in [0.717, 1.165) is 12.0 Å². The summed E-state index contributed by atoms with van der Waals surface area (Å²) in [5, 5.41) is 2.44. The Bertz CT molecular complexity index is 83.8. The fourth-order valence-corrected chi connectivity index (χ4v) is 0.300. The summed E-state index contributed by atoms with van der Waals surface area (Å²) in [7, 11) is 0. The molecule has 1 atom stereocenters. The maximum atomic E-state index is 9.39. The second-order valence-electron chi connectivity index (χ2n) is 0.782. The fraction of sp³-hybridized carbons (Fsp3) is 1.00. The van der Waals surface area contributed by atoms with Gasteiger partial charge in [-0.25, -0.2) is 0 Å². The van der Waals surface area contributed by atoms with Crippen LogP contribution in [-0.4, -0.2) is 4.39 Å². The van der Waals surface area contributed by atoms with E-state index in [4.69, 9.17) is 0 Å². The van der Waals surface area contributed by atoms with Crippen molar-refractivity contribution in [3.05, 3.63) is 4.91 Å². The van der Waals surface area contributed by atoms with Crippen LogP contribution >= 0.6 is 12.0 Å². The zero-order chi connectivity index (χ0) is 4.62. The summed E-state index contributed by atoms with van der Waals surface area (Å²) >= 11 is 5.27. The Morgan fingerprint density at radius 1 is 1.86 bits per heavy atom. The smallest absolute Gasteiger partial charge is 0.171 e. The van der Waals surface area contributed by atoms with Gasteiger partial charge in [-0.05, 0) is 5.18 Å². The molecule has 0 spiro atoms. The largest absolute Gasteiger partial charge is 0.715 e. The van der Waals surface area contributed by atoms with Crippen LogP contribution in [0.25, 0.3) is 0 Å². The molecular weight excluding hydrogens is 218 g/mol. The van der Waals surface area contributed by atoms with Gasteiger partial charge in [0.2, 0.25) is 0 Å². The molecule has 1 fully saturated rings. The first-order valence-corrected chi connectivity index (χ1v) is 2.34. The number of hydrogen-bond acceptors (Lipinski definition) is 5. The van der Waals surface area contributed by atoms with Gasteiger partial charge in [-0.2, -0.15) is 0 Å². The van der Waals surface area contributed by atoms with Crippen LogP contribution < -0.4 is 0 Å². The van der Waals surface area contributed by atoms with E-state index < -0.39 is 4.39 Å². The van der Waals surface area contributed by atoms with Gasteiger partial charge in [-0.15, -0.1) is 4.91 Å². The van der Waals surface area contributed by atoms with Gasteiger partial charge in [0.1, 0.15) is 0 Å². The van der Waals surface area contributed by atoms with Crippen molar-refractivity contribution in [2.45, 2.75) is 4.39 Å². The molecule has 0 bridgehead atoms. The summed E-state index contributed by atoms with van der Waals surface area (Å²) in [6.45, 7) is 0. The molecule has 0 N–H and O–H groups in total. The molecule has 3 nitrogen and oxygen atoms in total. The van der Waals surface area contributed by atoms with E-state index in [9.17, 15) is 4.91 Å². The van der Waals surface area contributed by atoms with Crippen LogP contribution in [0.3, 0.4) is 0 Å². The van der Waals surface area contributed by atoms with Crippen molar-refractivity contribution >= 4 is 24.7 Å². The maximum absolute atomic E-state index is 9.39. The van der Waals surface area contributed by atoms with Crippen LogP contribution in [0.2, 0.25) is 0 Å². The Balaban J connectivity index is 0.000000360. The van der Waals surface area contributed by atoms with Crippen LogP contribution in [0.1, 0.15) is 0 Å². The monoisotopic (exact) mass is 220 g/mol. The molecule has 1 saturated heterocycles. The number of hydrogen-bond donors (Lipinski definition) is 0. The molecule has 0 aromatic rings. The molecule has 0 aliphatic carbocycles. The van der Waals surface area contributed by atoms with Gasteiger partial charge in [0.05, 0.1) is 0 Å². The predicted octanol–water partition coefficient (Wildman–Crippen LogP) is 0.587. The van der Waals surface area contributed by atoms with Crippen LogP contribution in [0.4, 0.5) is 0 Å². The minimum absolute atomic E-state index is 0. The molecule has 0 aromatic carbocycles. The SMILES string of the molecule is O=NC1([S-])OS1.[Mo]. The number of rotatable bonds is 1. The molecule has 1 rings (SSSR count). The summed E-state index contributed by atoms with van der Waals surface area (Å²) in [6.07, 6.45) is 0. The first-order valence-electron chi connectivity index (χ1n) is 1.19. The van der Waals surface area contributed by atoms with Crippen LogP contribution in [-0.2, 0) is 37.9 Å². The van der Waals surface area contributed by atoms with Crippen LogP contribution in [0.15, 0.2) is 5.18 Å². The molecule has 0 radical (unpaired) electrons. The minimum atomic E-state index is -1.14. The van der Waals surface area contributed by atoms with Gasteiger partial charge in [0.25, 0.3) is 0 Å². The van der Waals surface area contributed by atoms with Crippen molar-refractivity contribution in [2.75, 3.05) is 0 Å². The number of nitrogens with zero attached hydrogens (tertiary/aromatic N) is 1. The normalized spacial score (nSPS) is 36.1. The summed E-state index contributed by atoms with van der Waals surface area (Å²) in [5.41, 5.74) is 0. The third-order valence-corrected chi connectivity index (χ3v) is 1.35. The molecule has 40 valence electrons. The Kier molecular flexibility index (Phi) is 2.82. The van der Waals surface area contributed by atoms with Crippen molar-refractivity contribution in [3.8, 4) is 0 Å². The Labute approximate surface area is 64.4 Å². The first kappa shape index (κ1) is 7.95. The van der Waals surface area contributed by atoms with E-state index >= 15 is 0 Å². The molecule has 1 unspecified atom stereocenters. The van der Waals surface area contributed by atoms with E-state index in [1.807, 2.05) is 0 Å². The standard InChI is InChI=1S/CHNO2S2.Mo/c3-2-1(5)4-6-1;/h5H;/p-1. The summed E-state index contributed by atoms with van der Waals surface area (Å²) < 4.78 is 3.16. The summed E-state index contributed by atoms with van der Waals surface area (Å²) in [5.74, 6) is 0. The van der Waals surface area contributed by atoms with Crippen LogP contribution in [0.5, 0.6) is 0 Å². The van der Waals surface area contributed by atoms with Crippen LogP contribution in [0, 0.1) is 4.91 Å². The van der Waals surface area contributed by atoms with Gasteiger partial charge in [0, 0.05) is 33.1 Å². The van der Waals surface area contributed by atoms with E-state index in [-0.39, 0.29) is 21.1 Å². The van der Waals surface area contributed by atoms with Crippen molar-refractivity contribution < 1.29 is 25.2 Å². The van der Waals surface area contributed by atoms with E-state index in [2.05, 4.69) is 22.0 Å². The van der Waals surface area contributed by atoms with E-state index in [0.29, 0.717) is 0 Å². The first-order chi connectivity index (χ1) is 2.77. The zero-order valence-electron chi connectivity index (χ0n) is 2.99. The third-order valence-electron chi connectivity index (χ3n) is 0.338. The molecule has 6 heteroatoms. The zero-order valence-corrected chi connectivity index (χ0v) is 6.63. The van der Waals surface area contributed by atoms with Crippen molar-refractivity contribution in [2.24, 2.45) is 5.18 Å². The Morgan fingerprint density at radius 3 is 2.29 bits per heavy atom. The molecule has 0 aromatic heterocycles. The van der Waals surface area contributed by atoms with Crippen molar-refractivity contribution in [1.82, 2.24) is 0 Å². The second kappa shape index (κ2) is 2.48. The second-order valence-corrected chi connectivity index (χ2v) is 2.48. The van der Waals surface area contributed by atoms with Gasteiger partial charge in [-0.3, -0.25) is 4.18 Å². The molecule has 1 aliphatic heterocycles. The maximum Gasteiger partial charge on any atom is 0.171 e. The summed E-state index contributed by atoms with van der Waals surface area (Å²) in [4.78, 5) is 9.39. The molecule has 7 heavy (non-hydrogen) atoms. The van der Waals surface area contributed by atoms with Crippen molar-refractivity contribution in [1.29, 1.82) is 0 Å². The van der Waals surface area contributed by atoms with Crippen molar-refractivity contribution in [3.63, 3.8) is 0 Å². The average molecular weight is 218 g/mol. The molecule has 1 aliphatic rings. The predicted molar refractivity (Wildman–Crippen MR) is 24.6 cm³/mol. The van der Waals surface area contributed by atoms with E-state index in [1.54, 1.807) is 0 Å². The van der Waals surface area contributed by atoms with Gasteiger partial charge in [-0.1, -0.05) is 0 Å².